The molecular formula is C22H26N2O2S2. The monoisotopic (exact) mass is 414 g/mol. The third kappa shape index (κ3) is 4.13. The van der Waals surface area contributed by atoms with Crippen molar-refractivity contribution in [2.24, 2.45) is 0 Å². The Labute approximate surface area is 175 Å². The zero-order valence-electron chi connectivity index (χ0n) is 16.3. The van der Waals surface area contributed by atoms with Gasteiger partial charge in [0.15, 0.2) is 0 Å². The minimum atomic E-state index is -0.0330. The number of hydrogen-bond donors (Lipinski definition) is 0. The van der Waals surface area contributed by atoms with Gasteiger partial charge in [0.25, 0.3) is 5.91 Å². The van der Waals surface area contributed by atoms with Crippen molar-refractivity contribution in [2.75, 3.05) is 43.1 Å². The molecule has 4 rings (SSSR count). The zero-order valence-corrected chi connectivity index (χ0v) is 18.0. The van der Waals surface area contributed by atoms with E-state index in [2.05, 4.69) is 30.0 Å². The molecule has 0 bridgehead atoms. The number of amides is 1. The van der Waals surface area contributed by atoms with Crippen molar-refractivity contribution >= 4 is 35.1 Å². The van der Waals surface area contributed by atoms with Crippen LogP contribution in [0.25, 0.3) is 0 Å². The molecule has 2 aromatic carbocycles. The predicted molar refractivity (Wildman–Crippen MR) is 120 cm³/mol. The lowest BCUT2D eigenvalue weighted by Crippen LogP contribution is -2.46. The number of benzene rings is 2. The second-order valence-electron chi connectivity index (χ2n) is 7.13. The number of carbonyl (C=O) groups excluding carboxylic acids is 1. The average molecular weight is 415 g/mol. The van der Waals surface area contributed by atoms with Gasteiger partial charge >= 0.3 is 0 Å². The summed E-state index contributed by atoms with van der Waals surface area (Å²) < 4.78 is 6.68. The molecule has 4 nitrogen and oxygen atoms in total. The van der Waals surface area contributed by atoms with Crippen LogP contribution in [0.3, 0.4) is 0 Å². The fourth-order valence-corrected chi connectivity index (χ4v) is 6.58. The van der Waals surface area contributed by atoms with Crippen LogP contribution in [0.1, 0.15) is 27.4 Å². The van der Waals surface area contributed by atoms with E-state index in [4.69, 9.17) is 4.74 Å². The maximum atomic E-state index is 12.9. The van der Waals surface area contributed by atoms with Gasteiger partial charge in [-0.15, -0.1) is 23.5 Å². The molecule has 148 valence electrons. The summed E-state index contributed by atoms with van der Waals surface area (Å²) in [5.74, 6) is 3.36. The maximum absolute atomic E-state index is 12.9. The Bertz CT molecular complexity index is 822. The van der Waals surface area contributed by atoms with E-state index in [1.807, 2.05) is 60.9 Å². The van der Waals surface area contributed by atoms with Gasteiger partial charge in [0.05, 0.1) is 23.4 Å². The van der Waals surface area contributed by atoms with Crippen LogP contribution < -0.4 is 9.64 Å². The molecule has 28 heavy (non-hydrogen) atoms. The maximum Gasteiger partial charge on any atom is 0.253 e. The first-order valence-corrected chi connectivity index (χ1v) is 11.8. The third-order valence-corrected chi connectivity index (χ3v) is 8.29. The summed E-state index contributed by atoms with van der Waals surface area (Å²) in [7, 11) is 1.86. The van der Waals surface area contributed by atoms with Gasteiger partial charge in [0, 0.05) is 30.7 Å². The van der Waals surface area contributed by atoms with Gasteiger partial charge in [0.1, 0.15) is 11.9 Å². The Morgan fingerprint density at radius 3 is 2.57 bits per heavy atom. The number of para-hydroxylation sites is 2. The summed E-state index contributed by atoms with van der Waals surface area (Å²) in [6, 6.07) is 16.2. The number of carbonyl (C=O) groups is 1. The average Bonchev–Trinajstić information content (AvgIpc) is 3.27. The standard InChI is InChI=1S/C22H26N2O2S2/c1-3-24-15-18(26-20-7-5-4-6-19(20)24)14-23(2)21(25)16-8-10-17(11-9-16)22-27-12-13-28-22/h4-11,18,22H,3,12-15H2,1-2H3/t18-/m1/s1. The van der Waals surface area contributed by atoms with Gasteiger partial charge in [-0.05, 0) is 36.8 Å². The van der Waals surface area contributed by atoms with E-state index in [1.165, 1.54) is 17.1 Å². The Hall–Kier alpha value is -1.79. The Morgan fingerprint density at radius 1 is 1.14 bits per heavy atom. The van der Waals surface area contributed by atoms with Gasteiger partial charge in [0.2, 0.25) is 0 Å². The van der Waals surface area contributed by atoms with Crippen LogP contribution >= 0.6 is 23.5 Å². The molecule has 1 saturated heterocycles. The number of anilines is 1. The molecular weight excluding hydrogens is 388 g/mol. The summed E-state index contributed by atoms with van der Waals surface area (Å²) in [6.07, 6.45) is -0.0330. The minimum Gasteiger partial charge on any atom is -0.485 e. The number of thioether (sulfide) groups is 2. The number of likely N-dealkylation sites (N-methyl/N-ethyl adjacent to an activating group) is 2. The van der Waals surface area contributed by atoms with Gasteiger partial charge in [-0.3, -0.25) is 4.79 Å². The normalized spacial score (nSPS) is 19.2. The molecule has 2 aliphatic rings. The van der Waals surface area contributed by atoms with Crippen molar-refractivity contribution in [3.63, 3.8) is 0 Å². The van der Waals surface area contributed by atoms with Crippen molar-refractivity contribution in [1.82, 2.24) is 4.90 Å². The molecule has 2 aromatic rings. The summed E-state index contributed by atoms with van der Waals surface area (Å²) in [5.41, 5.74) is 3.17. The molecule has 0 radical (unpaired) electrons. The fraction of sp³-hybridized carbons (Fsp3) is 0.409. The lowest BCUT2D eigenvalue weighted by molar-refractivity contribution is 0.0709. The van der Waals surface area contributed by atoms with Crippen LogP contribution in [0.5, 0.6) is 5.75 Å². The first-order chi connectivity index (χ1) is 13.7. The first-order valence-electron chi connectivity index (χ1n) is 9.75. The van der Waals surface area contributed by atoms with E-state index in [0.29, 0.717) is 11.1 Å². The Morgan fingerprint density at radius 2 is 1.86 bits per heavy atom. The van der Waals surface area contributed by atoms with E-state index >= 15 is 0 Å². The van der Waals surface area contributed by atoms with Crippen molar-refractivity contribution in [3.8, 4) is 5.75 Å². The number of rotatable bonds is 5. The highest BCUT2D eigenvalue weighted by Crippen LogP contribution is 2.45. The highest BCUT2D eigenvalue weighted by molar-refractivity contribution is 8.19. The van der Waals surface area contributed by atoms with Crippen LogP contribution in [0.4, 0.5) is 5.69 Å². The minimum absolute atomic E-state index is 0.0330. The highest BCUT2D eigenvalue weighted by Gasteiger charge is 2.27. The zero-order chi connectivity index (χ0) is 19.5. The number of nitrogens with zero attached hydrogens (tertiary/aromatic N) is 2. The van der Waals surface area contributed by atoms with Crippen LogP contribution in [-0.4, -0.2) is 55.1 Å². The second-order valence-corrected chi connectivity index (χ2v) is 9.85. The SMILES string of the molecule is CCN1C[C@@H](CN(C)C(=O)c2ccc(C3SCCS3)cc2)Oc2ccccc21. The number of ether oxygens (including phenoxy) is 1. The lowest BCUT2D eigenvalue weighted by Gasteiger charge is -2.37. The molecule has 0 saturated carbocycles. The molecule has 0 unspecified atom stereocenters. The highest BCUT2D eigenvalue weighted by atomic mass is 32.2. The van der Waals surface area contributed by atoms with E-state index in [0.717, 1.165) is 30.1 Å². The topological polar surface area (TPSA) is 32.8 Å². The summed E-state index contributed by atoms with van der Waals surface area (Å²) >= 11 is 3.96. The number of hydrogen-bond acceptors (Lipinski definition) is 5. The van der Waals surface area contributed by atoms with Crippen molar-refractivity contribution in [2.45, 2.75) is 17.6 Å². The lowest BCUT2D eigenvalue weighted by atomic mass is 10.1. The second kappa shape index (κ2) is 8.70. The Balaban J connectivity index is 1.40. The van der Waals surface area contributed by atoms with Crippen molar-refractivity contribution < 1.29 is 9.53 Å². The molecule has 1 fully saturated rings. The largest absolute Gasteiger partial charge is 0.485 e. The van der Waals surface area contributed by atoms with Crippen LogP contribution in [-0.2, 0) is 0 Å². The van der Waals surface area contributed by atoms with Crippen LogP contribution in [0.2, 0.25) is 0 Å². The molecule has 2 aliphatic heterocycles. The molecule has 1 amide bonds. The summed E-state index contributed by atoms with van der Waals surface area (Å²) in [4.78, 5) is 17.0. The van der Waals surface area contributed by atoms with Gasteiger partial charge in [-0.1, -0.05) is 24.3 Å². The quantitative estimate of drug-likeness (QED) is 0.718. The van der Waals surface area contributed by atoms with Gasteiger partial charge in [-0.2, -0.15) is 0 Å². The third-order valence-electron chi connectivity index (χ3n) is 5.18. The predicted octanol–water partition coefficient (Wildman–Crippen LogP) is 4.52. The van der Waals surface area contributed by atoms with E-state index < -0.39 is 0 Å². The molecule has 2 heterocycles. The fourth-order valence-electron chi connectivity index (χ4n) is 3.72. The van der Waals surface area contributed by atoms with E-state index in [-0.39, 0.29) is 12.0 Å². The molecule has 0 aliphatic carbocycles. The van der Waals surface area contributed by atoms with E-state index in [9.17, 15) is 4.79 Å². The molecule has 1 atom stereocenters. The van der Waals surface area contributed by atoms with Crippen molar-refractivity contribution in [3.05, 3.63) is 59.7 Å². The first kappa shape index (κ1) is 19.5. The van der Waals surface area contributed by atoms with Gasteiger partial charge < -0.3 is 14.5 Å². The molecule has 6 heteroatoms. The van der Waals surface area contributed by atoms with Crippen LogP contribution in [0, 0.1) is 0 Å². The molecule has 0 N–H and O–H groups in total. The van der Waals surface area contributed by atoms with Crippen LogP contribution in [0.15, 0.2) is 48.5 Å². The van der Waals surface area contributed by atoms with Crippen molar-refractivity contribution in [1.29, 1.82) is 0 Å². The molecule has 0 spiro atoms. The Kier molecular flexibility index (Phi) is 6.07. The van der Waals surface area contributed by atoms with E-state index in [1.54, 1.807) is 4.90 Å². The van der Waals surface area contributed by atoms with Gasteiger partial charge in [-0.25, -0.2) is 0 Å². The summed E-state index contributed by atoms with van der Waals surface area (Å²) in [6.45, 7) is 4.43. The smallest absolute Gasteiger partial charge is 0.253 e. The molecule has 0 aromatic heterocycles. The number of fused-ring (bicyclic) bond motifs is 1. The summed E-state index contributed by atoms with van der Waals surface area (Å²) in [5, 5.41) is 0.